The number of nitrogens with zero attached hydrogens (tertiary/aromatic N) is 3. The molecule has 2 heterocycles. The van der Waals surface area contributed by atoms with Crippen LogP contribution in [-0.2, 0) is 6.61 Å². The van der Waals surface area contributed by atoms with Crippen molar-refractivity contribution in [1.82, 2.24) is 15.0 Å². The Balaban J connectivity index is 2.26. The molecule has 18 heavy (non-hydrogen) atoms. The highest BCUT2D eigenvalue weighted by molar-refractivity contribution is 5.84. The van der Waals surface area contributed by atoms with Gasteiger partial charge in [-0.05, 0) is 17.7 Å². The Hall–Kier alpha value is -2.33. The van der Waals surface area contributed by atoms with E-state index in [-0.39, 0.29) is 6.61 Å². The van der Waals surface area contributed by atoms with Gasteiger partial charge >= 0.3 is 0 Å². The van der Waals surface area contributed by atoms with Gasteiger partial charge in [-0.3, -0.25) is 9.97 Å². The number of hydrogen-bond acceptors (Lipinski definition) is 4. The third kappa shape index (κ3) is 1.83. The highest BCUT2D eigenvalue weighted by Crippen LogP contribution is 2.23. The first-order valence-electron chi connectivity index (χ1n) is 5.64. The molecule has 1 N–H and O–H groups in total. The number of benzene rings is 1. The van der Waals surface area contributed by atoms with E-state index in [0.29, 0.717) is 5.69 Å². The zero-order valence-corrected chi connectivity index (χ0v) is 9.61. The average Bonchev–Trinajstić information content (AvgIpc) is 2.47. The Morgan fingerprint density at radius 3 is 2.72 bits per heavy atom. The monoisotopic (exact) mass is 237 g/mol. The van der Waals surface area contributed by atoms with Gasteiger partial charge in [0, 0.05) is 17.8 Å². The molecule has 0 spiro atoms. The minimum atomic E-state index is -0.0176. The third-order valence-electron chi connectivity index (χ3n) is 2.80. The van der Waals surface area contributed by atoms with Crippen molar-refractivity contribution in [3.05, 3.63) is 54.5 Å². The SMILES string of the molecule is OCc1cc(-c2cnccn2)nc2ccccc12. The predicted octanol–water partition coefficient (Wildman–Crippen LogP) is 2.18. The Kier molecular flexibility index (Phi) is 2.70. The maximum atomic E-state index is 9.44. The van der Waals surface area contributed by atoms with Crippen molar-refractivity contribution >= 4 is 10.9 Å². The second-order valence-electron chi connectivity index (χ2n) is 3.93. The van der Waals surface area contributed by atoms with Crippen molar-refractivity contribution in [2.75, 3.05) is 0 Å². The van der Waals surface area contributed by atoms with E-state index in [1.54, 1.807) is 18.6 Å². The summed E-state index contributed by atoms with van der Waals surface area (Å²) in [7, 11) is 0. The summed E-state index contributed by atoms with van der Waals surface area (Å²) in [6.45, 7) is -0.0176. The lowest BCUT2D eigenvalue weighted by atomic mass is 10.1. The molecule has 0 aliphatic rings. The van der Waals surface area contributed by atoms with Crippen LogP contribution in [-0.4, -0.2) is 20.1 Å². The molecule has 0 unspecified atom stereocenters. The maximum absolute atomic E-state index is 9.44. The van der Waals surface area contributed by atoms with Crippen molar-refractivity contribution in [1.29, 1.82) is 0 Å². The molecule has 0 amide bonds. The van der Waals surface area contributed by atoms with Gasteiger partial charge in [0.25, 0.3) is 0 Å². The van der Waals surface area contributed by atoms with Crippen molar-refractivity contribution in [2.45, 2.75) is 6.61 Å². The predicted molar refractivity (Wildman–Crippen MR) is 68.7 cm³/mol. The summed E-state index contributed by atoms with van der Waals surface area (Å²) in [6, 6.07) is 9.59. The summed E-state index contributed by atoms with van der Waals surface area (Å²) in [5, 5.41) is 10.4. The molecular weight excluding hydrogens is 226 g/mol. The van der Waals surface area contributed by atoms with Crippen LogP contribution in [0.4, 0.5) is 0 Å². The third-order valence-corrected chi connectivity index (χ3v) is 2.80. The zero-order chi connectivity index (χ0) is 12.4. The summed E-state index contributed by atoms with van der Waals surface area (Å²) < 4.78 is 0. The van der Waals surface area contributed by atoms with Gasteiger partial charge < -0.3 is 5.11 Å². The maximum Gasteiger partial charge on any atom is 0.107 e. The van der Waals surface area contributed by atoms with Crippen LogP contribution in [0.1, 0.15) is 5.56 Å². The molecule has 0 saturated carbocycles. The van der Waals surface area contributed by atoms with Crippen molar-refractivity contribution in [3.8, 4) is 11.4 Å². The highest BCUT2D eigenvalue weighted by Gasteiger charge is 2.07. The minimum absolute atomic E-state index is 0.0176. The summed E-state index contributed by atoms with van der Waals surface area (Å²) in [5.41, 5.74) is 3.13. The number of hydrogen-bond donors (Lipinski definition) is 1. The van der Waals surface area contributed by atoms with Crippen molar-refractivity contribution in [3.63, 3.8) is 0 Å². The van der Waals surface area contributed by atoms with Crippen LogP contribution < -0.4 is 0 Å². The average molecular weight is 237 g/mol. The lowest BCUT2D eigenvalue weighted by Gasteiger charge is -2.06. The van der Waals surface area contributed by atoms with Crippen molar-refractivity contribution in [2.24, 2.45) is 0 Å². The molecule has 0 aliphatic heterocycles. The highest BCUT2D eigenvalue weighted by atomic mass is 16.3. The number of para-hydroxylation sites is 1. The smallest absolute Gasteiger partial charge is 0.107 e. The van der Waals surface area contributed by atoms with Crippen LogP contribution in [0, 0.1) is 0 Å². The number of aliphatic hydroxyl groups excluding tert-OH is 1. The number of rotatable bonds is 2. The van der Waals surface area contributed by atoms with Crippen LogP contribution in [0.2, 0.25) is 0 Å². The van der Waals surface area contributed by atoms with Gasteiger partial charge in [0.1, 0.15) is 5.69 Å². The standard InChI is InChI=1S/C14H11N3O/c18-9-10-7-13(14-8-15-5-6-16-14)17-12-4-2-1-3-11(10)12/h1-8,18H,9H2. The summed E-state index contributed by atoms with van der Waals surface area (Å²) in [5.74, 6) is 0. The van der Waals surface area contributed by atoms with Gasteiger partial charge in [0.05, 0.1) is 24.0 Å². The molecule has 0 radical (unpaired) electrons. The van der Waals surface area contributed by atoms with Gasteiger partial charge in [-0.15, -0.1) is 0 Å². The molecule has 0 aliphatic carbocycles. The minimum Gasteiger partial charge on any atom is -0.392 e. The Morgan fingerprint density at radius 1 is 1.06 bits per heavy atom. The van der Waals surface area contributed by atoms with E-state index < -0.39 is 0 Å². The molecular formula is C14H11N3O. The topological polar surface area (TPSA) is 58.9 Å². The molecule has 3 rings (SSSR count). The number of pyridine rings is 1. The fraction of sp³-hybridized carbons (Fsp3) is 0.0714. The number of aliphatic hydroxyl groups is 1. The number of aromatic nitrogens is 3. The van der Waals surface area contributed by atoms with E-state index in [9.17, 15) is 5.11 Å². The number of fused-ring (bicyclic) bond motifs is 1. The molecule has 0 atom stereocenters. The second-order valence-corrected chi connectivity index (χ2v) is 3.93. The lowest BCUT2D eigenvalue weighted by molar-refractivity contribution is 0.283. The summed E-state index contributed by atoms with van der Waals surface area (Å²) in [6.07, 6.45) is 4.92. The fourth-order valence-electron chi connectivity index (χ4n) is 1.94. The van der Waals surface area contributed by atoms with Gasteiger partial charge in [-0.2, -0.15) is 0 Å². The fourth-order valence-corrected chi connectivity index (χ4v) is 1.94. The molecule has 0 bridgehead atoms. The van der Waals surface area contributed by atoms with E-state index in [2.05, 4.69) is 15.0 Å². The Labute approximate surface area is 104 Å². The molecule has 88 valence electrons. The summed E-state index contributed by atoms with van der Waals surface area (Å²) in [4.78, 5) is 12.8. The molecule has 0 fully saturated rings. The lowest BCUT2D eigenvalue weighted by Crippen LogP contribution is -1.94. The van der Waals surface area contributed by atoms with E-state index in [4.69, 9.17) is 0 Å². The Bertz CT molecular complexity index is 683. The molecule has 2 aromatic heterocycles. The Morgan fingerprint density at radius 2 is 1.94 bits per heavy atom. The molecule has 1 aromatic carbocycles. The van der Waals surface area contributed by atoms with Gasteiger partial charge in [0.2, 0.25) is 0 Å². The molecule has 4 heteroatoms. The van der Waals surface area contributed by atoms with E-state index in [1.807, 2.05) is 30.3 Å². The quantitative estimate of drug-likeness (QED) is 0.742. The van der Waals surface area contributed by atoms with Crippen LogP contribution in [0.3, 0.4) is 0 Å². The van der Waals surface area contributed by atoms with Crippen LogP contribution in [0.5, 0.6) is 0 Å². The van der Waals surface area contributed by atoms with E-state index in [0.717, 1.165) is 22.2 Å². The van der Waals surface area contributed by atoms with Crippen molar-refractivity contribution < 1.29 is 5.11 Å². The van der Waals surface area contributed by atoms with E-state index in [1.165, 1.54) is 0 Å². The molecule has 4 nitrogen and oxygen atoms in total. The molecule has 3 aromatic rings. The van der Waals surface area contributed by atoms with Gasteiger partial charge in [-0.25, -0.2) is 4.98 Å². The van der Waals surface area contributed by atoms with Gasteiger partial charge in [-0.1, -0.05) is 18.2 Å². The second kappa shape index (κ2) is 4.50. The first-order chi connectivity index (χ1) is 8.88. The van der Waals surface area contributed by atoms with Crippen LogP contribution in [0.25, 0.3) is 22.3 Å². The largest absolute Gasteiger partial charge is 0.392 e. The van der Waals surface area contributed by atoms with Crippen LogP contribution in [0.15, 0.2) is 48.9 Å². The van der Waals surface area contributed by atoms with Gasteiger partial charge in [0.15, 0.2) is 0 Å². The first kappa shape index (κ1) is 10.8. The summed E-state index contributed by atoms with van der Waals surface area (Å²) >= 11 is 0. The normalized spacial score (nSPS) is 10.7. The first-order valence-corrected chi connectivity index (χ1v) is 5.64. The molecule has 0 saturated heterocycles. The van der Waals surface area contributed by atoms with E-state index >= 15 is 0 Å². The van der Waals surface area contributed by atoms with Crippen LogP contribution >= 0.6 is 0 Å². The zero-order valence-electron chi connectivity index (χ0n) is 9.61.